The number of aromatic nitrogens is 4. The normalized spacial score (nSPS) is 17.2. The van der Waals surface area contributed by atoms with E-state index >= 15 is 0 Å². The molecule has 1 aromatic heterocycles. The maximum absolute atomic E-state index is 13.3. The highest BCUT2D eigenvalue weighted by atomic mass is 19.4. The fraction of sp³-hybridized carbons (Fsp3) is 0.364. The summed E-state index contributed by atoms with van der Waals surface area (Å²) in [5.41, 5.74) is 3.72. The number of benzene rings is 1. The lowest BCUT2D eigenvalue weighted by Gasteiger charge is -2.20. The lowest BCUT2D eigenvalue weighted by atomic mass is 10.1. The third kappa shape index (κ3) is 1.73. The first-order chi connectivity index (χ1) is 9.35. The smallest absolute Gasteiger partial charge is 0.398 e. The third-order valence-corrected chi connectivity index (χ3v) is 3.38. The number of hydrogen-bond acceptors (Lipinski definition) is 4. The van der Waals surface area contributed by atoms with E-state index in [1.807, 2.05) is 0 Å². The van der Waals surface area contributed by atoms with E-state index in [4.69, 9.17) is 5.73 Å². The first kappa shape index (κ1) is 12.8. The van der Waals surface area contributed by atoms with Gasteiger partial charge < -0.3 is 5.73 Å². The molecular weight excluding hydrogens is 278 g/mol. The van der Waals surface area contributed by atoms with Gasteiger partial charge in [0.15, 0.2) is 11.4 Å². The molecule has 0 bridgehead atoms. The zero-order valence-electron chi connectivity index (χ0n) is 10.0. The Kier molecular flexibility index (Phi) is 2.50. The first-order valence-electron chi connectivity index (χ1n) is 5.76. The lowest BCUT2D eigenvalue weighted by Crippen LogP contribution is -2.36. The van der Waals surface area contributed by atoms with Crippen LogP contribution in [-0.4, -0.2) is 26.4 Å². The number of alkyl halides is 3. The largest absolute Gasteiger partial charge is 0.413 e. The standard InChI is InChI=1S/C11H9F4N5/c12-6-1-2-8(16)7(5-6)9-17-18-19-20(9)10(3-4-10)11(13,14)15/h1-2,5H,3-4,16H2. The second-order valence-electron chi connectivity index (χ2n) is 4.68. The maximum atomic E-state index is 13.3. The molecule has 5 nitrogen and oxygen atoms in total. The molecule has 20 heavy (non-hydrogen) atoms. The highest BCUT2D eigenvalue weighted by Crippen LogP contribution is 2.56. The Balaban J connectivity index is 2.15. The van der Waals surface area contributed by atoms with Gasteiger partial charge in [0, 0.05) is 11.3 Å². The van der Waals surface area contributed by atoms with Crippen molar-refractivity contribution in [1.29, 1.82) is 0 Å². The van der Waals surface area contributed by atoms with Gasteiger partial charge in [0.1, 0.15) is 5.82 Å². The molecule has 9 heteroatoms. The van der Waals surface area contributed by atoms with E-state index in [-0.39, 0.29) is 29.9 Å². The van der Waals surface area contributed by atoms with Crippen molar-refractivity contribution < 1.29 is 17.6 Å². The topological polar surface area (TPSA) is 69.6 Å². The summed E-state index contributed by atoms with van der Waals surface area (Å²) in [6, 6.07) is 3.39. The molecular formula is C11H9F4N5. The van der Waals surface area contributed by atoms with Crippen LogP contribution in [-0.2, 0) is 5.54 Å². The highest BCUT2D eigenvalue weighted by Gasteiger charge is 2.66. The van der Waals surface area contributed by atoms with Gasteiger partial charge >= 0.3 is 6.18 Å². The Morgan fingerprint density at radius 3 is 2.55 bits per heavy atom. The van der Waals surface area contributed by atoms with Crippen molar-refractivity contribution in [3.63, 3.8) is 0 Å². The number of nitrogens with two attached hydrogens (primary N) is 1. The fourth-order valence-electron chi connectivity index (χ4n) is 2.10. The van der Waals surface area contributed by atoms with Crippen LogP contribution in [0.15, 0.2) is 18.2 Å². The van der Waals surface area contributed by atoms with Crippen LogP contribution in [0, 0.1) is 5.82 Å². The average molecular weight is 287 g/mol. The number of halogens is 4. The monoisotopic (exact) mass is 287 g/mol. The molecule has 1 aliphatic carbocycles. The number of nitrogen functional groups attached to an aromatic ring is 1. The number of tetrazole rings is 1. The molecule has 106 valence electrons. The Bertz CT molecular complexity index is 659. The Morgan fingerprint density at radius 2 is 1.95 bits per heavy atom. The molecule has 1 aromatic carbocycles. The van der Waals surface area contributed by atoms with Gasteiger partial charge in [0.25, 0.3) is 0 Å². The zero-order chi connectivity index (χ0) is 14.5. The van der Waals surface area contributed by atoms with Gasteiger partial charge in [-0.1, -0.05) is 0 Å². The van der Waals surface area contributed by atoms with Gasteiger partial charge in [-0.2, -0.15) is 13.2 Å². The van der Waals surface area contributed by atoms with E-state index in [0.717, 1.165) is 12.1 Å². The minimum absolute atomic E-state index is 0.0468. The van der Waals surface area contributed by atoms with Crippen molar-refractivity contribution in [3.05, 3.63) is 24.0 Å². The van der Waals surface area contributed by atoms with Gasteiger partial charge in [-0.25, -0.2) is 9.07 Å². The summed E-state index contributed by atoms with van der Waals surface area (Å²) in [4.78, 5) is 0. The molecule has 0 aliphatic heterocycles. The molecule has 1 aliphatic rings. The van der Waals surface area contributed by atoms with Crippen molar-refractivity contribution in [1.82, 2.24) is 20.2 Å². The number of anilines is 1. The van der Waals surface area contributed by atoms with Crippen LogP contribution in [0.1, 0.15) is 12.8 Å². The summed E-state index contributed by atoms with van der Waals surface area (Å²) in [7, 11) is 0. The predicted molar refractivity (Wildman–Crippen MR) is 60.9 cm³/mol. The second-order valence-corrected chi connectivity index (χ2v) is 4.68. The predicted octanol–water partition coefficient (Wildman–Crippen LogP) is 2.11. The van der Waals surface area contributed by atoms with Crippen LogP contribution in [0.3, 0.4) is 0 Å². The SMILES string of the molecule is Nc1ccc(F)cc1-c1nnnn1C1(C(F)(F)F)CC1. The van der Waals surface area contributed by atoms with Crippen molar-refractivity contribution in [2.24, 2.45) is 0 Å². The van der Waals surface area contributed by atoms with E-state index in [1.54, 1.807) is 0 Å². The summed E-state index contributed by atoms with van der Waals surface area (Å²) in [5.74, 6) is -0.808. The molecule has 3 rings (SSSR count). The molecule has 0 amide bonds. The van der Waals surface area contributed by atoms with Gasteiger partial charge in [0.2, 0.25) is 0 Å². The molecule has 2 N–H and O–H groups in total. The van der Waals surface area contributed by atoms with Crippen LogP contribution < -0.4 is 5.73 Å². The Morgan fingerprint density at radius 1 is 1.25 bits per heavy atom. The maximum Gasteiger partial charge on any atom is 0.413 e. The second kappa shape index (κ2) is 3.90. The average Bonchev–Trinajstić information content (AvgIpc) is 3.05. The summed E-state index contributed by atoms with van der Waals surface area (Å²) in [5, 5.41) is 10.3. The van der Waals surface area contributed by atoms with E-state index in [0.29, 0.717) is 4.68 Å². The van der Waals surface area contributed by atoms with Crippen LogP contribution >= 0.6 is 0 Å². The Labute approximate surface area is 110 Å². The molecule has 0 unspecified atom stereocenters. The van der Waals surface area contributed by atoms with Crippen LogP contribution in [0.2, 0.25) is 0 Å². The van der Waals surface area contributed by atoms with Gasteiger partial charge in [0.05, 0.1) is 0 Å². The van der Waals surface area contributed by atoms with Crippen molar-refractivity contribution in [2.45, 2.75) is 24.6 Å². The summed E-state index contributed by atoms with van der Waals surface area (Å²) in [6.07, 6.45) is -4.69. The summed E-state index contributed by atoms with van der Waals surface area (Å²) >= 11 is 0. The molecule has 0 radical (unpaired) electrons. The highest BCUT2D eigenvalue weighted by molar-refractivity contribution is 5.71. The van der Waals surface area contributed by atoms with E-state index in [9.17, 15) is 17.6 Å². The molecule has 1 saturated carbocycles. The summed E-state index contributed by atoms with van der Waals surface area (Å²) in [6.45, 7) is 0. The quantitative estimate of drug-likeness (QED) is 0.678. The number of hydrogen-bond donors (Lipinski definition) is 1. The van der Waals surface area contributed by atoms with Crippen LogP contribution in [0.25, 0.3) is 11.4 Å². The Hall–Kier alpha value is -2.19. The fourth-order valence-corrected chi connectivity index (χ4v) is 2.10. The minimum Gasteiger partial charge on any atom is -0.398 e. The molecule has 0 spiro atoms. The van der Waals surface area contributed by atoms with E-state index in [1.165, 1.54) is 6.07 Å². The third-order valence-electron chi connectivity index (χ3n) is 3.38. The number of rotatable bonds is 2. The van der Waals surface area contributed by atoms with E-state index < -0.39 is 17.5 Å². The lowest BCUT2D eigenvalue weighted by molar-refractivity contribution is -0.182. The van der Waals surface area contributed by atoms with Crippen molar-refractivity contribution >= 4 is 5.69 Å². The minimum atomic E-state index is -4.47. The zero-order valence-corrected chi connectivity index (χ0v) is 10.0. The molecule has 1 fully saturated rings. The molecule has 0 atom stereocenters. The molecule has 1 heterocycles. The van der Waals surface area contributed by atoms with E-state index in [2.05, 4.69) is 15.5 Å². The van der Waals surface area contributed by atoms with Gasteiger partial charge in [-0.3, -0.25) is 0 Å². The molecule has 0 saturated heterocycles. The molecule has 2 aromatic rings. The van der Waals surface area contributed by atoms with Crippen LogP contribution in [0.5, 0.6) is 0 Å². The van der Waals surface area contributed by atoms with Gasteiger partial charge in [-0.15, -0.1) is 5.10 Å². The van der Waals surface area contributed by atoms with Crippen molar-refractivity contribution in [3.8, 4) is 11.4 Å². The van der Waals surface area contributed by atoms with Crippen LogP contribution in [0.4, 0.5) is 23.2 Å². The first-order valence-corrected chi connectivity index (χ1v) is 5.76. The summed E-state index contributed by atoms with van der Waals surface area (Å²) < 4.78 is 53.3. The number of nitrogens with zero attached hydrogens (tertiary/aromatic N) is 4. The van der Waals surface area contributed by atoms with Gasteiger partial charge in [-0.05, 0) is 41.5 Å². The van der Waals surface area contributed by atoms with Crippen molar-refractivity contribution in [2.75, 3.05) is 5.73 Å².